The van der Waals surface area contributed by atoms with Crippen LogP contribution in [0.15, 0.2) is 19.7 Å². The summed E-state index contributed by atoms with van der Waals surface area (Å²) in [5.74, 6) is 1.72. The lowest BCUT2D eigenvalue weighted by atomic mass is 10.1. The second-order valence-electron chi connectivity index (χ2n) is 6.15. The van der Waals surface area contributed by atoms with Gasteiger partial charge in [-0.3, -0.25) is 0 Å². The second-order valence-corrected chi connectivity index (χ2v) is 11.0. The van der Waals surface area contributed by atoms with Crippen molar-refractivity contribution >= 4 is 74.7 Å². The van der Waals surface area contributed by atoms with Crippen molar-refractivity contribution in [2.45, 2.75) is 0 Å². The number of halogens is 2. The third-order valence-electron chi connectivity index (χ3n) is 4.12. The van der Waals surface area contributed by atoms with Gasteiger partial charge in [-0.15, -0.1) is 22.7 Å². The molecule has 0 atom stereocenters. The molecule has 0 saturated heterocycles. The average molecular weight is 584 g/mol. The minimum atomic E-state index is 0.463. The third-order valence-corrected chi connectivity index (χ3v) is 7.39. The van der Waals surface area contributed by atoms with E-state index in [0.29, 0.717) is 52.9 Å². The van der Waals surface area contributed by atoms with Gasteiger partial charge in [0.15, 0.2) is 0 Å². The molecule has 3 rings (SSSR count). The molecule has 0 spiro atoms. The largest absolute Gasteiger partial charge is 0.489 e. The third kappa shape index (κ3) is 6.29. The first kappa shape index (κ1) is 24.2. The van der Waals surface area contributed by atoms with Crippen LogP contribution < -0.4 is 9.47 Å². The van der Waals surface area contributed by atoms with Crippen LogP contribution in [0.3, 0.4) is 0 Å². The summed E-state index contributed by atoms with van der Waals surface area (Å²) in [5.41, 5.74) is 0. The maximum atomic E-state index is 6.18. The van der Waals surface area contributed by atoms with Crippen molar-refractivity contribution in [2.24, 2.45) is 0 Å². The predicted octanol–water partition coefficient (Wildman–Crippen LogP) is 5.72. The maximum Gasteiger partial charge on any atom is 0.146 e. The van der Waals surface area contributed by atoms with Gasteiger partial charge >= 0.3 is 0 Å². The molecule has 1 aromatic carbocycles. The van der Waals surface area contributed by atoms with Crippen LogP contribution in [-0.4, -0.2) is 67.1 Å². The van der Waals surface area contributed by atoms with Crippen LogP contribution in [-0.2, 0) is 18.9 Å². The molecule has 0 N–H and O–H groups in total. The van der Waals surface area contributed by atoms with Gasteiger partial charge < -0.3 is 28.4 Å². The molecule has 0 unspecified atom stereocenters. The lowest BCUT2D eigenvalue weighted by molar-refractivity contribution is 0.0546. The molecule has 0 aliphatic carbocycles. The van der Waals surface area contributed by atoms with Crippen molar-refractivity contribution in [1.29, 1.82) is 0 Å². The molecule has 10 heteroatoms. The minimum Gasteiger partial charge on any atom is -0.489 e. The van der Waals surface area contributed by atoms with Gasteiger partial charge in [-0.25, -0.2) is 0 Å². The summed E-state index contributed by atoms with van der Waals surface area (Å²) in [6.07, 6.45) is 0. The summed E-state index contributed by atoms with van der Waals surface area (Å²) in [4.78, 5) is 0. The Morgan fingerprint density at radius 1 is 0.633 bits per heavy atom. The molecule has 0 saturated carbocycles. The summed E-state index contributed by atoms with van der Waals surface area (Å²) in [7, 11) is 3.32. The minimum absolute atomic E-state index is 0.463. The quantitative estimate of drug-likeness (QED) is 0.226. The summed E-state index contributed by atoms with van der Waals surface area (Å²) >= 11 is 10.5. The molecule has 3 aromatic rings. The van der Waals surface area contributed by atoms with Gasteiger partial charge in [0.1, 0.15) is 24.7 Å². The monoisotopic (exact) mass is 582 g/mol. The average Bonchev–Trinajstić information content (AvgIpc) is 3.30. The van der Waals surface area contributed by atoms with E-state index in [2.05, 4.69) is 44.0 Å². The van der Waals surface area contributed by atoms with Gasteiger partial charge in [-0.05, 0) is 44.0 Å². The fourth-order valence-electron chi connectivity index (χ4n) is 2.82. The number of hydrogen-bond acceptors (Lipinski definition) is 8. The fraction of sp³-hybridized carbons (Fsp3) is 0.500. The zero-order valence-corrected chi connectivity index (χ0v) is 21.6. The number of hydrogen-bond donors (Lipinski definition) is 0. The first-order valence-corrected chi connectivity index (χ1v) is 12.6. The van der Waals surface area contributed by atoms with Crippen LogP contribution in [0, 0.1) is 0 Å². The van der Waals surface area contributed by atoms with Crippen LogP contribution in [0.25, 0.3) is 20.2 Å². The van der Waals surface area contributed by atoms with E-state index in [-0.39, 0.29) is 0 Å². The summed E-state index contributed by atoms with van der Waals surface area (Å²) in [6, 6.07) is 4.16. The molecule has 0 bridgehead atoms. The highest BCUT2D eigenvalue weighted by Gasteiger charge is 2.21. The molecule has 2 heterocycles. The maximum absolute atomic E-state index is 6.18. The van der Waals surface area contributed by atoms with Crippen molar-refractivity contribution in [3.8, 4) is 11.5 Å². The van der Waals surface area contributed by atoms with E-state index >= 15 is 0 Å². The molecule has 0 aliphatic rings. The summed E-state index contributed by atoms with van der Waals surface area (Å²) in [6.45, 7) is 4.18. The lowest BCUT2D eigenvalue weighted by Crippen LogP contribution is -2.11. The Labute approximate surface area is 200 Å². The Balaban J connectivity index is 1.81. The highest BCUT2D eigenvalue weighted by atomic mass is 79.9. The molecule has 166 valence electrons. The zero-order chi connectivity index (χ0) is 21.3. The van der Waals surface area contributed by atoms with E-state index in [1.54, 1.807) is 36.9 Å². The highest BCUT2D eigenvalue weighted by molar-refractivity contribution is 9.11. The Morgan fingerprint density at radius 2 is 1.03 bits per heavy atom. The van der Waals surface area contributed by atoms with Crippen molar-refractivity contribution < 1.29 is 28.4 Å². The van der Waals surface area contributed by atoms with Crippen molar-refractivity contribution in [3.05, 3.63) is 19.7 Å². The number of thiophene rings is 2. The molecule has 0 fully saturated rings. The number of benzene rings is 1. The van der Waals surface area contributed by atoms with Crippen LogP contribution in [0.1, 0.15) is 0 Å². The molecule has 2 aromatic heterocycles. The predicted molar refractivity (Wildman–Crippen MR) is 129 cm³/mol. The smallest absolute Gasteiger partial charge is 0.146 e. The van der Waals surface area contributed by atoms with Gasteiger partial charge in [-0.2, -0.15) is 0 Å². The summed E-state index contributed by atoms with van der Waals surface area (Å²) in [5, 5.41) is 2.06. The Morgan fingerprint density at radius 3 is 1.43 bits per heavy atom. The lowest BCUT2D eigenvalue weighted by Gasteiger charge is -2.14. The van der Waals surface area contributed by atoms with Gasteiger partial charge in [0.2, 0.25) is 0 Å². The topological polar surface area (TPSA) is 55.4 Å². The molecular weight excluding hydrogens is 560 g/mol. The first-order chi connectivity index (χ1) is 14.7. The normalized spacial score (nSPS) is 11.6. The van der Waals surface area contributed by atoms with E-state index in [1.807, 2.05) is 0 Å². The molecule has 0 radical (unpaired) electrons. The first-order valence-electron chi connectivity index (χ1n) is 9.38. The summed E-state index contributed by atoms with van der Waals surface area (Å²) < 4.78 is 37.6. The highest BCUT2D eigenvalue weighted by Crippen LogP contribution is 2.51. The molecule has 0 aliphatic heterocycles. The van der Waals surface area contributed by atoms with E-state index in [1.165, 1.54) is 0 Å². The van der Waals surface area contributed by atoms with E-state index in [9.17, 15) is 0 Å². The number of ether oxygens (including phenoxy) is 6. The number of methoxy groups -OCH3 is 2. The Kier molecular flexibility index (Phi) is 10.1. The molecule has 6 nitrogen and oxygen atoms in total. The van der Waals surface area contributed by atoms with Gasteiger partial charge in [0.25, 0.3) is 0 Å². The SMILES string of the molecule is COCCOCCOc1c2cc(Br)sc2c(OCCOCCOC)c2cc(Br)sc12. The molecule has 0 amide bonds. The zero-order valence-electron chi connectivity index (χ0n) is 16.8. The van der Waals surface area contributed by atoms with E-state index in [4.69, 9.17) is 28.4 Å². The fourth-order valence-corrected chi connectivity index (χ4v) is 6.04. The van der Waals surface area contributed by atoms with E-state index in [0.717, 1.165) is 39.2 Å². The van der Waals surface area contributed by atoms with Crippen LogP contribution in [0.5, 0.6) is 11.5 Å². The Hall–Kier alpha value is -0.460. The van der Waals surface area contributed by atoms with Crippen molar-refractivity contribution in [3.63, 3.8) is 0 Å². The van der Waals surface area contributed by atoms with Crippen molar-refractivity contribution in [2.75, 3.05) is 67.1 Å². The standard InChI is InChI=1S/C20H24Br2O6S2/c1-23-3-5-25-7-9-27-17-13-11-15(21)30-20(13)18(14-12-16(22)29-19(14)17)28-10-8-26-6-4-24-2/h11-12H,3-10H2,1-2H3. The van der Waals surface area contributed by atoms with Gasteiger partial charge in [0.05, 0.1) is 56.6 Å². The Bertz CT molecular complexity index is 814. The van der Waals surface area contributed by atoms with Gasteiger partial charge in [-0.1, -0.05) is 0 Å². The number of rotatable bonds is 14. The van der Waals surface area contributed by atoms with Crippen LogP contribution in [0.2, 0.25) is 0 Å². The van der Waals surface area contributed by atoms with Crippen LogP contribution in [0.4, 0.5) is 0 Å². The van der Waals surface area contributed by atoms with Crippen LogP contribution >= 0.6 is 54.5 Å². The molecule has 30 heavy (non-hydrogen) atoms. The molecular formula is C20H24Br2O6S2. The van der Waals surface area contributed by atoms with E-state index < -0.39 is 0 Å². The van der Waals surface area contributed by atoms with Gasteiger partial charge in [0, 0.05) is 25.0 Å². The number of fused-ring (bicyclic) bond motifs is 2. The van der Waals surface area contributed by atoms with Crippen molar-refractivity contribution in [1.82, 2.24) is 0 Å². The second kappa shape index (κ2) is 12.5.